The van der Waals surface area contributed by atoms with Crippen molar-refractivity contribution in [3.63, 3.8) is 0 Å². The molecule has 0 spiro atoms. The number of phenols is 1. The van der Waals surface area contributed by atoms with E-state index >= 15 is 0 Å². The van der Waals surface area contributed by atoms with Crippen LogP contribution in [0.25, 0.3) is 0 Å². The number of ether oxygens (including phenoxy) is 1. The van der Waals surface area contributed by atoms with Crippen LogP contribution in [0.3, 0.4) is 0 Å². The Morgan fingerprint density at radius 3 is 1.92 bits per heavy atom. The first-order valence-corrected chi connectivity index (χ1v) is 4.57. The molecule has 0 atom stereocenters. The van der Waals surface area contributed by atoms with E-state index in [0.29, 0.717) is 11.7 Å². The Labute approximate surface area is 79.2 Å². The molecule has 1 heterocycles. The molecule has 1 aromatic carbocycles. The minimum absolute atomic E-state index is 0.337. The SMILES string of the molecule is C1CO1.CC(C)c1ccc(O)cc1. The van der Waals surface area contributed by atoms with Crippen LogP contribution in [0.2, 0.25) is 0 Å². The number of benzene rings is 1. The van der Waals surface area contributed by atoms with Crippen LogP contribution in [-0.4, -0.2) is 18.3 Å². The van der Waals surface area contributed by atoms with Gasteiger partial charge < -0.3 is 9.84 Å². The number of hydrogen-bond donors (Lipinski definition) is 1. The minimum Gasteiger partial charge on any atom is -0.508 e. The molecule has 0 unspecified atom stereocenters. The molecule has 1 aliphatic heterocycles. The van der Waals surface area contributed by atoms with Gasteiger partial charge in [-0.05, 0) is 23.6 Å². The van der Waals surface area contributed by atoms with Crippen LogP contribution < -0.4 is 0 Å². The largest absolute Gasteiger partial charge is 0.508 e. The van der Waals surface area contributed by atoms with Gasteiger partial charge in [0.25, 0.3) is 0 Å². The maximum atomic E-state index is 8.94. The highest BCUT2D eigenvalue weighted by Gasteiger charge is 1.96. The second-order valence-electron chi connectivity index (χ2n) is 3.36. The normalized spacial score (nSPS) is 13.5. The van der Waals surface area contributed by atoms with E-state index < -0.39 is 0 Å². The summed E-state index contributed by atoms with van der Waals surface area (Å²) in [6.45, 7) is 6.26. The summed E-state index contributed by atoms with van der Waals surface area (Å²) in [6, 6.07) is 7.32. The summed E-state index contributed by atoms with van der Waals surface area (Å²) >= 11 is 0. The zero-order valence-corrected chi connectivity index (χ0v) is 8.16. The molecule has 0 amide bonds. The van der Waals surface area contributed by atoms with Crippen LogP contribution in [0.4, 0.5) is 0 Å². The van der Waals surface area contributed by atoms with Crippen molar-refractivity contribution in [1.29, 1.82) is 0 Å². The summed E-state index contributed by atoms with van der Waals surface area (Å²) in [5, 5.41) is 8.94. The number of aromatic hydroxyl groups is 1. The fraction of sp³-hybridized carbons (Fsp3) is 0.455. The zero-order chi connectivity index (χ0) is 9.68. The molecule has 0 aromatic heterocycles. The molecule has 2 nitrogen and oxygen atoms in total. The average molecular weight is 180 g/mol. The van der Waals surface area contributed by atoms with Gasteiger partial charge in [-0.15, -0.1) is 0 Å². The number of hydrogen-bond acceptors (Lipinski definition) is 2. The van der Waals surface area contributed by atoms with Crippen molar-refractivity contribution in [2.24, 2.45) is 0 Å². The van der Waals surface area contributed by atoms with Gasteiger partial charge in [-0.2, -0.15) is 0 Å². The topological polar surface area (TPSA) is 32.8 Å². The van der Waals surface area contributed by atoms with Crippen LogP contribution in [0.15, 0.2) is 24.3 Å². The third-order valence-electron chi connectivity index (χ3n) is 1.76. The van der Waals surface area contributed by atoms with Gasteiger partial charge in [-0.25, -0.2) is 0 Å². The molecule has 72 valence electrons. The van der Waals surface area contributed by atoms with Gasteiger partial charge in [0.15, 0.2) is 0 Å². The van der Waals surface area contributed by atoms with Crippen LogP contribution in [0.5, 0.6) is 5.75 Å². The molecule has 2 heteroatoms. The third kappa shape index (κ3) is 4.53. The van der Waals surface area contributed by atoms with Gasteiger partial charge >= 0.3 is 0 Å². The number of phenolic OH excluding ortho intramolecular Hbond substituents is 1. The van der Waals surface area contributed by atoms with E-state index in [1.54, 1.807) is 12.1 Å². The summed E-state index contributed by atoms with van der Waals surface area (Å²) in [5.41, 5.74) is 1.26. The Morgan fingerprint density at radius 2 is 1.62 bits per heavy atom. The lowest BCUT2D eigenvalue weighted by atomic mass is 10.0. The van der Waals surface area contributed by atoms with Crippen LogP contribution in [0.1, 0.15) is 25.3 Å². The standard InChI is InChI=1S/C9H12O.C2H4O/c1-7(2)8-3-5-9(10)6-4-8;1-2-3-1/h3-7,10H,1-2H3;1-2H2. The van der Waals surface area contributed by atoms with E-state index in [1.807, 2.05) is 12.1 Å². The summed E-state index contributed by atoms with van der Waals surface area (Å²) in [4.78, 5) is 0. The molecule has 0 aliphatic carbocycles. The second-order valence-corrected chi connectivity index (χ2v) is 3.36. The summed E-state index contributed by atoms with van der Waals surface area (Å²) in [6.07, 6.45) is 0. The molecule has 1 fully saturated rings. The fourth-order valence-electron chi connectivity index (χ4n) is 0.859. The quantitative estimate of drug-likeness (QED) is 0.673. The van der Waals surface area contributed by atoms with E-state index in [1.165, 1.54) is 5.56 Å². The number of epoxide rings is 1. The molecule has 1 aliphatic rings. The van der Waals surface area contributed by atoms with Crippen molar-refractivity contribution in [2.45, 2.75) is 19.8 Å². The summed E-state index contributed by atoms with van der Waals surface area (Å²) < 4.78 is 4.50. The molecule has 1 saturated heterocycles. The van der Waals surface area contributed by atoms with Crippen molar-refractivity contribution >= 4 is 0 Å². The first kappa shape index (κ1) is 10.1. The maximum Gasteiger partial charge on any atom is 0.115 e. The fourth-order valence-corrected chi connectivity index (χ4v) is 0.859. The Hall–Kier alpha value is -1.02. The maximum absolute atomic E-state index is 8.94. The van der Waals surface area contributed by atoms with Crippen molar-refractivity contribution in [3.05, 3.63) is 29.8 Å². The molecule has 0 bridgehead atoms. The van der Waals surface area contributed by atoms with Crippen LogP contribution in [-0.2, 0) is 4.74 Å². The lowest BCUT2D eigenvalue weighted by Gasteiger charge is -2.03. The average Bonchev–Trinajstić information content (AvgIpc) is 2.90. The highest BCUT2D eigenvalue weighted by molar-refractivity contribution is 5.27. The number of rotatable bonds is 1. The molecule has 1 aromatic rings. The second kappa shape index (κ2) is 4.87. The molecular weight excluding hydrogens is 164 g/mol. The minimum atomic E-state index is 0.337. The first-order chi connectivity index (χ1) is 6.20. The van der Waals surface area contributed by atoms with Gasteiger partial charge in [-0.1, -0.05) is 26.0 Å². The monoisotopic (exact) mass is 180 g/mol. The van der Waals surface area contributed by atoms with Crippen LogP contribution >= 0.6 is 0 Å². The Kier molecular flexibility index (Phi) is 3.77. The van der Waals surface area contributed by atoms with E-state index in [9.17, 15) is 0 Å². The van der Waals surface area contributed by atoms with Crippen LogP contribution in [0, 0.1) is 0 Å². The highest BCUT2D eigenvalue weighted by atomic mass is 16.6. The van der Waals surface area contributed by atoms with E-state index in [0.717, 1.165) is 13.2 Å². The summed E-state index contributed by atoms with van der Waals surface area (Å²) in [7, 11) is 0. The van der Waals surface area contributed by atoms with Crippen molar-refractivity contribution in [1.82, 2.24) is 0 Å². The Morgan fingerprint density at radius 1 is 1.15 bits per heavy atom. The lowest BCUT2D eigenvalue weighted by Crippen LogP contribution is -1.84. The van der Waals surface area contributed by atoms with Gasteiger partial charge in [0.05, 0.1) is 13.2 Å². The van der Waals surface area contributed by atoms with Crippen molar-refractivity contribution in [2.75, 3.05) is 13.2 Å². The van der Waals surface area contributed by atoms with Gasteiger partial charge in [-0.3, -0.25) is 0 Å². The van der Waals surface area contributed by atoms with E-state index in [2.05, 4.69) is 18.6 Å². The molecule has 0 saturated carbocycles. The van der Waals surface area contributed by atoms with Gasteiger partial charge in [0.2, 0.25) is 0 Å². The molecule has 0 radical (unpaired) electrons. The first-order valence-electron chi connectivity index (χ1n) is 4.57. The smallest absolute Gasteiger partial charge is 0.115 e. The third-order valence-corrected chi connectivity index (χ3v) is 1.76. The predicted octanol–water partition coefficient (Wildman–Crippen LogP) is 2.53. The van der Waals surface area contributed by atoms with Gasteiger partial charge in [0, 0.05) is 0 Å². The van der Waals surface area contributed by atoms with E-state index in [4.69, 9.17) is 5.11 Å². The molecular formula is C11H16O2. The Bertz CT molecular complexity index is 234. The van der Waals surface area contributed by atoms with E-state index in [-0.39, 0.29) is 0 Å². The van der Waals surface area contributed by atoms with Crippen molar-refractivity contribution in [3.8, 4) is 5.75 Å². The Balaban J connectivity index is 0.000000236. The van der Waals surface area contributed by atoms with Gasteiger partial charge in [0.1, 0.15) is 5.75 Å². The highest BCUT2D eigenvalue weighted by Crippen LogP contribution is 2.16. The molecule has 1 N–H and O–H groups in total. The predicted molar refractivity (Wildman–Crippen MR) is 53.0 cm³/mol. The zero-order valence-electron chi connectivity index (χ0n) is 8.16. The molecule has 13 heavy (non-hydrogen) atoms. The van der Waals surface area contributed by atoms with Crippen molar-refractivity contribution < 1.29 is 9.84 Å². The molecule has 2 rings (SSSR count). The lowest BCUT2D eigenvalue weighted by molar-refractivity contribution is 0.475. The summed E-state index contributed by atoms with van der Waals surface area (Å²) in [5.74, 6) is 0.880.